The SMILES string of the molecule is O=C(NNS(=O)(=O)c1cc([N+](=O)[O-])cc([N+](=O)[O-])c1)c1ccc(O)cc1. The van der Waals surface area contributed by atoms with Gasteiger partial charge < -0.3 is 5.11 Å². The maximum atomic E-state index is 12.2. The highest BCUT2D eigenvalue weighted by molar-refractivity contribution is 7.89. The number of hydrazine groups is 1. The second-order valence-corrected chi connectivity index (χ2v) is 6.49. The molecule has 1 amide bonds. The van der Waals surface area contributed by atoms with Gasteiger partial charge in [0.05, 0.1) is 20.8 Å². The van der Waals surface area contributed by atoms with Crippen molar-refractivity contribution < 1.29 is 28.2 Å². The van der Waals surface area contributed by atoms with E-state index in [-0.39, 0.29) is 11.3 Å². The summed E-state index contributed by atoms with van der Waals surface area (Å²) in [6.07, 6.45) is 0. The van der Waals surface area contributed by atoms with Gasteiger partial charge in [0.15, 0.2) is 0 Å². The Labute approximate surface area is 145 Å². The van der Waals surface area contributed by atoms with E-state index >= 15 is 0 Å². The lowest BCUT2D eigenvalue weighted by atomic mass is 10.2. The van der Waals surface area contributed by atoms with Crippen molar-refractivity contribution in [2.24, 2.45) is 0 Å². The van der Waals surface area contributed by atoms with Crippen LogP contribution in [0.2, 0.25) is 0 Å². The molecule has 2 aromatic rings. The van der Waals surface area contributed by atoms with Crippen LogP contribution in [0, 0.1) is 20.2 Å². The molecule has 26 heavy (non-hydrogen) atoms. The smallest absolute Gasteiger partial charge is 0.277 e. The summed E-state index contributed by atoms with van der Waals surface area (Å²) in [5.74, 6) is -0.987. The normalized spacial score (nSPS) is 10.9. The number of benzene rings is 2. The number of phenolic OH excluding ortho intramolecular Hbond substituents is 1. The van der Waals surface area contributed by atoms with E-state index in [1.807, 2.05) is 5.43 Å². The van der Waals surface area contributed by atoms with E-state index in [4.69, 9.17) is 5.11 Å². The Hall–Kier alpha value is -3.58. The molecule has 2 rings (SSSR count). The zero-order valence-corrected chi connectivity index (χ0v) is 13.5. The van der Waals surface area contributed by atoms with Crippen LogP contribution in [0.4, 0.5) is 11.4 Å². The molecule has 0 saturated carbocycles. The van der Waals surface area contributed by atoms with Crippen LogP contribution < -0.4 is 10.3 Å². The molecular weight excluding hydrogens is 372 g/mol. The molecule has 12 nitrogen and oxygen atoms in total. The Morgan fingerprint density at radius 1 is 0.962 bits per heavy atom. The van der Waals surface area contributed by atoms with Crippen molar-refractivity contribution in [3.63, 3.8) is 0 Å². The van der Waals surface area contributed by atoms with Crippen LogP contribution in [0.15, 0.2) is 47.4 Å². The average molecular weight is 382 g/mol. The maximum Gasteiger partial charge on any atom is 0.277 e. The predicted octanol–water partition coefficient (Wildman–Crippen LogP) is 0.832. The number of hydrogen-bond acceptors (Lipinski definition) is 8. The number of aromatic hydroxyl groups is 1. The van der Waals surface area contributed by atoms with Gasteiger partial charge in [0.1, 0.15) is 5.75 Å². The van der Waals surface area contributed by atoms with Crippen LogP contribution in [-0.2, 0) is 10.0 Å². The van der Waals surface area contributed by atoms with E-state index in [2.05, 4.69) is 0 Å². The van der Waals surface area contributed by atoms with Gasteiger partial charge in [-0.2, -0.15) is 0 Å². The van der Waals surface area contributed by atoms with E-state index in [0.29, 0.717) is 18.2 Å². The Morgan fingerprint density at radius 3 is 1.92 bits per heavy atom. The average Bonchev–Trinajstić information content (AvgIpc) is 2.59. The molecule has 0 heterocycles. The summed E-state index contributed by atoms with van der Waals surface area (Å²) in [6, 6.07) is 6.67. The number of sulfonamides is 1. The standard InChI is InChI=1S/C13H10N4O8S/c18-11-3-1-8(2-4-11)13(19)14-15-26(24,25)12-6-9(16(20)21)5-10(7-12)17(22)23/h1-7,15,18H,(H,14,19). The molecule has 136 valence electrons. The zero-order valence-electron chi connectivity index (χ0n) is 12.6. The highest BCUT2D eigenvalue weighted by Crippen LogP contribution is 2.25. The number of amides is 1. The van der Waals surface area contributed by atoms with Gasteiger partial charge in [0, 0.05) is 17.7 Å². The minimum atomic E-state index is -4.52. The maximum absolute atomic E-state index is 12.2. The van der Waals surface area contributed by atoms with Gasteiger partial charge in [-0.25, -0.2) is 8.42 Å². The first-order chi connectivity index (χ1) is 12.1. The third kappa shape index (κ3) is 4.28. The molecule has 0 radical (unpaired) electrons. The van der Waals surface area contributed by atoms with Gasteiger partial charge >= 0.3 is 0 Å². The summed E-state index contributed by atoms with van der Waals surface area (Å²) < 4.78 is 24.3. The first kappa shape index (κ1) is 18.8. The number of carbonyl (C=O) groups excluding carboxylic acids is 1. The Kier molecular flexibility index (Phi) is 5.14. The Morgan fingerprint density at radius 2 is 1.46 bits per heavy atom. The molecule has 0 saturated heterocycles. The van der Waals surface area contributed by atoms with E-state index in [9.17, 15) is 33.4 Å². The number of nitrogens with one attached hydrogen (secondary N) is 2. The minimum Gasteiger partial charge on any atom is -0.508 e. The summed E-state index contributed by atoms with van der Waals surface area (Å²) in [5, 5.41) is 30.8. The number of rotatable bonds is 6. The number of phenols is 1. The molecule has 0 spiro atoms. The lowest BCUT2D eigenvalue weighted by Crippen LogP contribution is -2.41. The fraction of sp³-hybridized carbons (Fsp3) is 0. The third-order valence-corrected chi connectivity index (χ3v) is 4.26. The molecule has 3 N–H and O–H groups in total. The molecule has 0 atom stereocenters. The molecule has 2 aromatic carbocycles. The van der Waals surface area contributed by atoms with E-state index in [0.717, 1.165) is 0 Å². The number of nitro groups is 2. The largest absolute Gasteiger partial charge is 0.508 e. The number of carbonyl (C=O) groups is 1. The highest BCUT2D eigenvalue weighted by atomic mass is 32.2. The van der Waals surface area contributed by atoms with Gasteiger partial charge in [0.25, 0.3) is 27.3 Å². The van der Waals surface area contributed by atoms with Crippen LogP contribution >= 0.6 is 0 Å². The summed E-state index contributed by atoms with van der Waals surface area (Å²) in [4.78, 5) is 32.4. The monoisotopic (exact) mass is 382 g/mol. The molecular formula is C13H10N4O8S. The molecule has 0 bridgehead atoms. The fourth-order valence-electron chi connectivity index (χ4n) is 1.79. The Bertz CT molecular complexity index is 955. The molecule has 0 aliphatic carbocycles. The van der Waals surface area contributed by atoms with Gasteiger partial charge in [-0.3, -0.25) is 30.4 Å². The minimum absolute atomic E-state index is 0.00974. The van der Waals surface area contributed by atoms with Crippen molar-refractivity contribution in [2.45, 2.75) is 4.90 Å². The van der Waals surface area contributed by atoms with Crippen molar-refractivity contribution in [1.29, 1.82) is 0 Å². The Balaban J connectivity index is 2.26. The highest BCUT2D eigenvalue weighted by Gasteiger charge is 2.24. The fourth-order valence-corrected chi connectivity index (χ4v) is 2.69. The molecule has 0 aromatic heterocycles. The van der Waals surface area contributed by atoms with Crippen LogP contribution in [0.1, 0.15) is 10.4 Å². The molecule has 0 fully saturated rings. The zero-order chi connectivity index (χ0) is 19.5. The summed E-state index contributed by atoms with van der Waals surface area (Å²) in [6.45, 7) is 0. The number of nitrogens with zero attached hydrogens (tertiary/aromatic N) is 2. The third-order valence-electron chi connectivity index (χ3n) is 3.04. The summed E-state index contributed by atoms with van der Waals surface area (Å²) >= 11 is 0. The van der Waals surface area contributed by atoms with E-state index in [1.165, 1.54) is 24.3 Å². The molecule has 0 unspecified atom stereocenters. The van der Waals surface area contributed by atoms with Crippen LogP contribution in [0.5, 0.6) is 5.75 Å². The van der Waals surface area contributed by atoms with Crippen LogP contribution in [0.3, 0.4) is 0 Å². The second-order valence-electron chi connectivity index (χ2n) is 4.81. The first-order valence-corrected chi connectivity index (χ1v) is 8.13. The van der Waals surface area contributed by atoms with Crippen LogP contribution in [-0.4, -0.2) is 29.3 Å². The number of hydrogen-bond donors (Lipinski definition) is 3. The summed E-state index contributed by atoms with van der Waals surface area (Å²) in [5.41, 5.74) is 0.263. The van der Waals surface area contributed by atoms with Gasteiger partial charge in [0.2, 0.25) is 0 Å². The van der Waals surface area contributed by atoms with Crippen molar-refractivity contribution in [2.75, 3.05) is 0 Å². The quantitative estimate of drug-likeness (QED) is 0.485. The first-order valence-electron chi connectivity index (χ1n) is 6.65. The number of nitro benzene ring substituents is 2. The van der Waals surface area contributed by atoms with Crippen molar-refractivity contribution >= 4 is 27.3 Å². The lowest BCUT2D eigenvalue weighted by Gasteiger charge is -2.08. The predicted molar refractivity (Wildman–Crippen MR) is 85.6 cm³/mol. The van der Waals surface area contributed by atoms with Gasteiger partial charge in [-0.05, 0) is 24.3 Å². The van der Waals surface area contributed by atoms with Crippen molar-refractivity contribution in [3.05, 3.63) is 68.3 Å². The van der Waals surface area contributed by atoms with E-state index in [1.54, 1.807) is 4.83 Å². The van der Waals surface area contributed by atoms with E-state index < -0.39 is 42.0 Å². The topological polar surface area (TPSA) is 182 Å². The number of non-ortho nitro benzene ring substituents is 2. The lowest BCUT2D eigenvalue weighted by molar-refractivity contribution is -0.394. The van der Waals surface area contributed by atoms with Crippen molar-refractivity contribution in [3.8, 4) is 5.75 Å². The second kappa shape index (κ2) is 7.12. The van der Waals surface area contributed by atoms with Crippen LogP contribution in [0.25, 0.3) is 0 Å². The molecule has 13 heteroatoms. The molecule has 0 aliphatic rings. The molecule has 0 aliphatic heterocycles. The summed E-state index contributed by atoms with van der Waals surface area (Å²) in [7, 11) is -4.52. The van der Waals surface area contributed by atoms with Gasteiger partial charge in [-0.1, -0.05) is 0 Å². The van der Waals surface area contributed by atoms with Gasteiger partial charge in [-0.15, -0.1) is 4.83 Å². The van der Waals surface area contributed by atoms with Crippen molar-refractivity contribution in [1.82, 2.24) is 10.3 Å².